The summed E-state index contributed by atoms with van der Waals surface area (Å²) in [5, 5.41) is 0. The predicted molar refractivity (Wildman–Crippen MR) is 55.5 cm³/mol. The van der Waals surface area contributed by atoms with Crippen molar-refractivity contribution in [1.82, 2.24) is 0 Å². The van der Waals surface area contributed by atoms with Gasteiger partial charge in [0.15, 0.2) is 0 Å². The van der Waals surface area contributed by atoms with Crippen molar-refractivity contribution in [3.63, 3.8) is 0 Å². The third-order valence-electron chi connectivity index (χ3n) is 2.38. The lowest BCUT2D eigenvalue weighted by Crippen LogP contribution is -2.16. The van der Waals surface area contributed by atoms with Crippen LogP contribution >= 0.6 is 0 Å². The highest BCUT2D eigenvalue weighted by atomic mass is 16.5. The van der Waals surface area contributed by atoms with Crippen molar-refractivity contribution in [2.24, 2.45) is 11.7 Å². The molecule has 0 aromatic rings. The molecule has 2 nitrogen and oxygen atoms in total. The summed E-state index contributed by atoms with van der Waals surface area (Å²) in [5.41, 5.74) is 6.96. The zero-order chi connectivity index (χ0) is 9.52. The minimum absolute atomic E-state index is 0.492. The molecule has 0 heterocycles. The first-order valence-corrected chi connectivity index (χ1v) is 4.94. The molecule has 0 saturated heterocycles. The van der Waals surface area contributed by atoms with E-state index in [1.54, 1.807) is 7.11 Å². The first-order valence-electron chi connectivity index (χ1n) is 4.94. The van der Waals surface area contributed by atoms with Gasteiger partial charge in [0, 0.05) is 13.0 Å². The molecule has 0 spiro atoms. The summed E-state index contributed by atoms with van der Waals surface area (Å²) in [6.07, 6.45) is 10.1. The molecule has 0 unspecified atom stereocenters. The van der Waals surface area contributed by atoms with Crippen LogP contribution in [0.3, 0.4) is 0 Å². The predicted octanol–water partition coefficient (Wildman–Crippen LogP) is 1.87. The van der Waals surface area contributed by atoms with Crippen LogP contribution in [0.4, 0.5) is 0 Å². The maximum Gasteiger partial charge on any atom is 0.0531 e. The van der Waals surface area contributed by atoms with Crippen LogP contribution in [0.25, 0.3) is 0 Å². The molecule has 2 heteroatoms. The molecule has 2 N–H and O–H groups in total. The maximum atomic E-state index is 5.56. The molecule has 74 valence electrons. The van der Waals surface area contributed by atoms with Gasteiger partial charge in [-0.25, -0.2) is 0 Å². The Kier molecular flexibility index (Phi) is 4.79. The van der Waals surface area contributed by atoms with Gasteiger partial charge in [-0.15, -0.1) is 0 Å². The summed E-state index contributed by atoms with van der Waals surface area (Å²) in [6.45, 7) is 1.52. The van der Waals surface area contributed by atoms with E-state index in [0.717, 1.165) is 26.0 Å². The monoisotopic (exact) mass is 181 g/mol. The Labute approximate surface area is 80.5 Å². The Bertz CT molecular complexity index is 190. The molecule has 1 aliphatic carbocycles. The first kappa shape index (κ1) is 10.5. The Morgan fingerprint density at radius 1 is 1.54 bits per heavy atom. The van der Waals surface area contributed by atoms with Crippen LogP contribution < -0.4 is 5.73 Å². The van der Waals surface area contributed by atoms with Gasteiger partial charge in [0.1, 0.15) is 0 Å². The number of ether oxygens (including phenoxy) is 1. The standard InChI is InChI=1S/C11H19NO/c1-13-9-11(7-8-12)10-5-3-2-4-6-10/h3,5-6,11H,2,4,7-9,12H2,1H3/t11-/m0/s1. The van der Waals surface area contributed by atoms with Gasteiger partial charge in [0.2, 0.25) is 0 Å². The molecule has 0 aromatic carbocycles. The van der Waals surface area contributed by atoms with Crippen LogP contribution in [0.5, 0.6) is 0 Å². The Morgan fingerprint density at radius 2 is 2.38 bits per heavy atom. The SMILES string of the molecule is COC[C@H](CCN)C1=CCCC=C1. The molecular weight excluding hydrogens is 162 g/mol. The average Bonchev–Trinajstić information content (AvgIpc) is 2.19. The Balaban J connectivity index is 2.51. The number of allylic oxidation sites excluding steroid dienone is 3. The third-order valence-corrected chi connectivity index (χ3v) is 2.38. The second-order valence-corrected chi connectivity index (χ2v) is 3.41. The lowest BCUT2D eigenvalue weighted by molar-refractivity contribution is 0.164. The number of hydrogen-bond acceptors (Lipinski definition) is 2. The second-order valence-electron chi connectivity index (χ2n) is 3.41. The highest BCUT2D eigenvalue weighted by Crippen LogP contribution is 2.21. The maximum absolute atomic E-state index is 5.56. The summed E-state index contributed by atoms with van der Waals surface area (Å²) in [7, 11) is 1.75. The van der Waals surface area contributed by atoms with E-state index in [4.69, 9.17) is 10.5 Å². The fourth-order valence-corrected chi connectivity index (χ4v) is 1.69. The van der Waals surface area contributed by atoms with Crippen molar-refractivity contribution in [3.05, 3.63) is 23.8 Å². The number of methoxy groups -OCH3 is 1. The minimum atomic E-state index is 0.492. The Hall–Kier alpha value is -0.600. The molecule has 1 aliphatic rings. The minimum Gasteiger partial charge on any atom is -0.384 e. The highest BCUT2D eigenvalue weighted by Gasteiger charge is 2.12. The van der Waals surface area contributed by atoms with Gasteiger partial charge < -0.3 is 10.5 Å². The van der Waals surface area contributed by atoms with Gasteiger partial charge in [-0.05, 0) is 31.4 Å². The van der Waals surface area contributed by atoms with Gasteiger partial charge in [-0.3, -0.25) is 0 Å². The van der Waals surface area contributed by atoms with Gasteiger partial charge in [0.25, 0.3) is 0 Å². The van der Waals surface area contributed by atoms with E-state index < -0.39 is 0 Å². The zero-order valence-electron chi connectivity index (χ0n) is 8.33. The van der Waals surface area contributed by atoms with E-state index >= 15 is 0 Å². The van der Waals surface area contributed by atoms with E-state index in [1.165, 1.54) is 12.0 Å². The van der Waals surface area contributed by atoms with Crippen molar-refractivity contribution >= 4 is 0 Å². The van der Waals surface area contributed by atoms with Gasteiger partial charge >= 0.3 is 0 Å². The first-order chi connectivity index (χ1) is 6.38. The summed E-state index contributed by atoms with van der Waals surface area (Å²) in [6, 6.07) is 0. The molecule has 0 amide bonds. The lowest BCUT2D eigenvalue weighted by atomic mass is 9.92. The number of hydrogen-bond donors (Lipinski definition) is 1. The fraction of sp³-hybridized carbons (Fsp3) is 0.636. The average molecular weight is 181 g/mol. The van der Waals surface area contributed by atoms with E-state index in [-0.39, 0.29) is 0 Å². The molecule has 0 aliphatic heterocycles. The summed E-state index contributed by atoms with van der Waals surface area (Å²) in [4.78, 5) is 0. The van der Waals surface area contributed by atoms with Gasteiger partial charge in [-0.2, -0.15) is 0 Å². The summed E-state index contributed by atoms with van der Waals surface area (Å²) in [5.74, 6) is 0.492. The van der Waals surface area contributed by atoms with Crippen molar-refractivity contribution in [2.45, 2.75) is 19.3 Å². The van der Waals surface area contributed by atoms with Crippen molar-refractivity contribution in [3.8, 4) is 0 Å². The van der Waals surface area contributed by atoms with Gasteiger partial charge in [0.05, 0.1) is 6.61 Å². The van der Waals surface area contributed by atoms with E-state index in [9.17, 15) is 0 Å². The molecule has 0 saturated carbocycles. The van der Waals surface area contributed by atoms with Crippen molar-refractivity contribution in [2.75, 3.05) is 20.3 Å². The van der Waals surface area contributed by atoms with E-state index in [2.05, 4.69) is 18.2 Å². The summed E-state index contributed by atoms with van der Waals surface area (Å²) < 4.78 is 5.18. The lowest BCUT2D eigenvalue weighted by Gasteiger charge is -2.18. The van der Waals surface area contributed by atoms with Crippen LogP contribution in [0.1, 0.15) is 19.3 Å². The van der Waals surface area contributed by atoms with E-state index in [0.29, 0.717) is 5.92 Å². The zero-order valence-corrected chi connectivity index (χ0v) is 8.33. The number of nitrogens with two attached hydrogens (primary N) is 1. The third kappa shape index (κ3) is 3.33. The van der Waals surface area contributed by atoms with Crippen LogP contribution in [0.2, 0.25) is 0 Å². The molecule has 0 radical (unpaired) electrons. The molecule has 1 atom stereocenters. The molecular formula is C11H19NO. The molecule has 1 rings (SSSR count). The summed E-state index contributed by atoms with van der Waals surface area (Å²) >= 11 is 0. The number of rotatable bonds is 5. The fourth-order valence-electron chi connectivity index (χ4n) is 1.69. The molecule has 0 bridgehead atoms. The topological polar surface area (TPSA) is 35.2 Å². The van der Waals surface area contributed by atoms with Crippen LogP contribution in [0.15, 0.2) is 23.8 Å². The van der Waals surface area contributed by atoms with E-state index in [1.807, 2.05) is 0 Å². The quantitative estimate of drug-likeness (QED) is 0.702. The van der Waals surface area contributed by atoms with Crippen LogP contribution in [-0.2, 0) is 4.74 Å². The van der Waals surface area contributed by atoms with Crippen molar-refractivity contribution < 1.29 is 4.74 Å². The highest BCUT2D eigenvalue weighted by molar-refractivity contribution is 5.24. The second kappa shape index (κ2) is 5.95. The van der Waals surface area contributed by atoms with Crippen LogP contribution in [0, 0.1) is 5.92 Å². The Morgan fingerprint density at radius 3 is 2.92 bits per heavy atom. The molecule has 13 heavy (non-hydrogen) atoms. The van der Waals surface area contributed by atoms with Crippen molar-refractivity contribution in [1.29, 1.82) is 0 Å². The smallest absolute Gasteiger partial charge is 0.0531 e. The van der Waals surface area contributed by atoms with Gasteiger partial charge in [-0.1, -0.05) is 18.2 Å². The molecule has 0 fully saturated rings. The van der Waals surface area contributed by atoms with Crippen LogP contribution in [-0.4, -0.2) is 20.3 Å². The molecule has 0 aromatic heterocycles. The largest absolute Gasteiger partial charge is 0.384 e. The normalized spacial score (nSPS) is 18.5.